The summed E-state index contributed by atoms with van der Waals surface area (Å²) in [5.74, 6) is 1.06. The number of fused-ring (bicyclic) bond motifs is 3. The summed E-state index contributed by atoms with van der Waals surface area (Å²) in [5.41, 5.74) is 1.39. The minimum atomic E-state index is -0.0844. The summed E-state index contributed by atoms with van der Waals surface area (Å²) in [6.07, 6.45) is 3.87. The molecular weight excluding hydrogens is 278 g/mol. The van der Waals surface area contributed by atoms with E-state index in [0.29, 0.717) is 17.2 Å². The predicted octanol–water partition coefficient (Wildman–Crippen LogP) is 2.17. The van der Waals surface area contributed by atoms with Gasteiger partial charge in [0.2, 0.25) is 0 Å². The largest absolute Gasteiger partial charge is 0.355 e. The van der Waals surface area contributed by atoms with Crippen LogP contribution in [-0.2, 0) is 0 Å². The van der Waals surface area contributed by atoms with Crippen molar-refractivity contribution in [2.24, 2.45) is 5.92 Å². The molecule has 5 nitrogen and oxygen atoms in total. The van der Waals surface area contributed by atoms with E-state index in [2.05, 4.69) is 15.4 Å². The van der Waals surface area contributed by atoms with E-state index < -0.39 is 0 Å². The molecule has 1 atom stereocenters. The second-order valence-corrected chi connectivity index (χ2v) is 6.15. The summed E-state index contributed by atoms with van der Waals surface area (Å²) >= 11 is 0. The fourth-order valence-corrected chi connectivity index (χ4v) is 3.57. The van der Waals surface area contributed by atoms with Crippen LogP contribution in [0.4, 0.5) is 0 Å². The van der Waals surface area contributed by atoms with Gasteiger partial charge in [-0.2, -0.15) is 0 Å². The number of rotatable bonds is 3. The lowest BCUT2D eigenvalue weighted by molar-refractivity contribution is 0.0620. The van der Waals surface area contributed by atoms with Gasteiger partial charge >= 0.3 is 0 Å². The van der Waals surface area contributed by atoms with Crippen molar-refractivity contribution in [3.05, 3.63) is 42.1 Å². The number of carbonyl (C=O) groups is 1. The van der Waals surface area contributed by atoms with Gasteiger partial charge in [-0.3, -0.25) is 4.79 Å². The van der Waals surface area contributed by atoms with Crippen molar-refractivity contribution >= 4 is 5.91 Å². The molecule has 0 unspecified atom stereocenters. The van der Waals surface area contributed by atoms with Crippen LogP contribution in [0, 0.1) is 5.92 Å². The number of hydrogen-bond acceptors (Lipinski definition) is 4. The second kappa shape index (κ2) is 5.57. The fourth-order valence-electron chi connectivity index (χ4n) is 3.57. The lowest BCUT2D eigenvalue weighted by Gasteiger charge is -2.44. The smallest absolute Gasteiger partial charge is 0.257 e. The molecule has 3 saturated heterocycles. The van der Waals surface area contributed by atoms with Crippen molar-refractivity contribution in [3.8, 4) is 11.3 Å². The Morgan fingerprint density at radius 2 is 2.00 bits per heavy atom. The molecule has 3 aliphatic heterocycles. The first kappa shape index (κ1) is 13.5. The van der Waals surface area contributed by atoms with Crippen LogP contribution in [0.15, 0.2) is 41.1 Å². The molecule has 114 valence electrons. The molecule has 1 aromatic carbocycles. The summed E-state index contributed by atoms with van der Waals surface area (Å²) in [6.45, 7) is 3.29. The number of carbonyl (C=O) groups excluding carboxylic acids is 1. The van der Waals surface area contributed by atoms with Gasteiger partial charge in [-0.15, -0.1) is 0 Å². The van der Waals surface area contributed by atoms with Crippen LogP contribution in [0.2, 0.25) is 0 Å². The molecule has 1 N–H and O–H groups in total. The Balaban J connectivity index is 1.53. The number of benzene rings is 1. The topological polar surface area (TPSA) is 58.4 Å². The maximum atomic E-state index is 12.6. The predicted molar refractivity (Wildman–Crippen MR) is 82.4 cm³/mol. The molecule has 1 amide bonds. The Morgan fingerprint density at radius 1 is 1.23 bits per heavy atom. The SMILES string of the molecule is O=C(N[C@@H]1CN2CCC1CC2)c1cnoc1-c1ccccc1. The number of amides is 1. The van der Waals surface area contributed by atoms with E-state index in [9.17, 15) is 4.79 Å². The van der Waals surface area contributed by atoms with Gasteiger partial charge in [0.1, 0.15) is 5.56 Å². The summed E-state index contributed by atoms with van der Waals surface area (Å²) in [6, 6.07) is 9.87. The highest BCUT2D eigenvalue weighted by Gasteiger charge is 2.35. The maximum absolute atomic E-state index is 12.6. The average Bonchev–Trinajstić information content (AvgIpc) is 3.06. The Morgan fingerprint density at radius 3 is 2.68 bits per heavy atom. The van der Waals surface area contributed by atoms with E-state index in [4.69, 9.17) is 4.52 Å². The molecular formula is C17H19N3O2. The van der Waals surface area contributed by atoms with E-state index in [1.54, 1.807) is 0 Å². The zero-order valence-electron chi connectivity index (χ0n) is 12.4. The van der Waals surface area contributed by atoms with Crippen molar-refractivity contribution < 1.29 is 9.32 Å². The van der Waals surface area contributed by atoms with E-state index in [1.807, 2.05) is 30.3 Å². The van der Waals surface area contributed by atoms with Crippen molar-refractivity contribution in [1.82, 2.24) is 15.4 Å². The number of hydrogen-bond donors (Lipinski definition) is 1. The van der Waals surface area contributed by atoms with Crippen LogP contribution in [0.25, 0.3) is 11.3 Å². The van der Waals surface area contributed by atoms with E-state index in [0.717, 1.165) is 12.1 Å². The molecule has 22 heavy (non-hydrogen) atoms. The first-order valence-corrected chi connectivity index (χ1v) is 7.84. The van der Waals surface area contributed by atoms with E-state index in [-0.39, 0.29) is 11.9 Å². The van der Waals surface area contributed by atoms with Gasteiger partial charge in [-0.1, -0.05) is 35.5 Å². The van der Waals surface area contributed by atoms with Gasteiger partial charge in [-0.05, 0) is 31.8 Å². The zero-order chi connectivity index (χ0) is 14.9. The van der Waals surface area contributed by atoms with Gasteiger partial charge in [-0.25, -0.2) is 0 Å². The molecule has 2 aromatic rings. The highest BCUT2D eigenvalue weighted by Crippen LogP contribution is 2.28. The van der Waals surface area contributed by atoms with Gasteiger partial charge in [0, 0.05) is 18.2 Å². The summed E-state index contributed by atoms with van der Waals surface area (Å²) in [4.78, 5) is 15.0. The Kier molecular flexibility index (Phi) is 3.42. The minimum Gasteiger partial charge on any atom is -0.355 e. The molecule has 5 heteroatoms. The van der Waals surface area contributed by atoms with Crippen LogP contribution in [-0.4, -0.2) is 41.6 Å². The molecule has 3 aliphatic rings. The standard InChI is InChI=1S/C17H19N3O2/c21-17(19-15-11-20-8-6-12(15)7-9-20)14-10-18-22-16(14)13-4-2-1-3-5-13/h1-5,10,12,15H,6-9,11H2,(H,19,21)/t15-/m1/s1. The third-order valence-corrected chi connectivity index (χ3v) is 4.82. The van der Waals surface area contributed by atoms with Crippen molar-refractivity contribution in [2.45, 2.75) is 18.9 Å². The first-order chi connectivity index (χ1) is 10.8. The zero-order valence-corrected chi connectivity index (χ0v) is 12.4. The second-order valence-electron chi connectivity index (χ2n) is 6.15. The van der Waals surface area contributed by atoms with Gasteiger partial charge < -0.3 is 14.7 Å². The Hall–Kier alpha value is -2.14. The number of piperidine rings is 3. The fraction of sp³-hybridized carbons (Fsp3) is 0.412. The van der Waals surface area contributed by atoms with Gasteiger partial charge in [0.25, 0.3) is 5.91 Å². The maximum Gasteiger partial charge on any atom is 0.257 e. The average molecular weight is 297 g/mol. The highest BCUT2D eigenvalue weighted by atomic mass is 16.5. The Bertz CT molecular complexity index is 660. The third-order valence-electron chi connectivity index (χ3n) is 4.82. The van der Waals surface area contributed by atoms with Gasteiger partial charge in [0.15, 0.2) is 5.76 Å². The monoisotopic (exact) mass is 297 g/mol. The summed E-state index contributed by atoms with van der Waals surface area (Å²) in [7, 11) is 0. The molecule has 0 radical (unpaired) electrons. The molecule has 5 rings (SSSR count). The van der Waals surface area contributed by atoms with Crippen molar-refractivity contribution in [3.63, 3.8) is 0 Å². The normalized spacial score (nSPS) is 26.8. The minimum absolute atomic E-state index is 0.0844. The van der Waals surface area contributed by atoms with Gasteiger partial charge in [0.05, 0.1) is 6.20 Å². The molecule has 0 saturated carbocycles. The molecule has 3 fully saturated rings. The molecule has 4 heterocycles. The Labute approximate surface area is 129 Å². The quantitative estimate of drug-likeness (QED) is 0.943. The number of nitrogens with one attached hydrogen (secondary N) is 1. The molecule has 1 aromatic heterocycles. The lowest BCUT2D eigenvalue weighted by atomic mass is 9.84. The van der Waals surface area contributed by atoms with Crippen LogP contribution in [0.1, 0.15) is 23.2 Å². The molecule has 0 aliphatic carbocycles. The number of nitrogens with zero attached hydrogens (tertiary/aromatic N) is 2. The molecule has 0 spiro atoms. The lowest BCUT2D eigenvalue weighted by Crippen LogP contribution is -2.57. The van der Waals surface area contributed by atoms with Crippen LogP contribution in [0.3, 0.4) is 0 Å². The van der Waals surface area contributed by atoms with Crippen molar-refractivity contribution in [2.75, 3.05) is 19.6 Å². The van der Waals surface area contributed by atoms with Crippen LogP contribution < -0.4 is 5.32 Å². The van der Waals surface area contributed by atoms with Crippen LogP contribution >= 0.6 is 0 Å². The highest BCUT2D eigenvalue weighted by molar-refractivity contribution is 5.99. The summed E-state index contributed by atoms with van der Waals surface area (Å²) in [5, 5.41) is 7.00. The first-order valence-electron chi connectivity index (χ1n) is 7.84. The number of aromatic nitrogens is 1. The van der Waals surface area contributed by atoms with Crippen LogP contribution in [0.5, 0.6) is 0 Å². The van der Waals surface area contributed by atoms with E-state index in [1.165, 1.54) is 32.1 Å². The van der Waals surface area contributed by atoms with Crippen molar-refractivity contribution in [1.29, 1.82) is 0 Å². The molecule has 2 bridgehead atoms. The third kappa shape index (κ3) is 2.41. The summed E-state index contributed by atoms with van der Waals surface area (Å²) < 4.78 is 5.30. The van der Waals surface area contributed by atoms with E-state index >= 15 is 0 Å².